The van der Waals surface area contributed by atoms with Crippen molar-refractivity contribution < 1.29 is 9.90 Å². The maximum Gasteiger partial charge on any atom is 0.335 e. The quantitative estimate of drug-likeness (QED) is 0.652. The highest BCUT2D eigenvalue weighted by atomic mass is 16.4. The molecule has 0 aliphatic heterocycles. The molecule has 5 N–H and O–H groups in total. The van der Waals surface area contributed by atoms with Crippen LogP contribution >= 0.6 is 0 Å². The maximum absolute atomic E-state index is 11.2. The largest absolute Gasteiger partial charge is 0.478 e. The summed E-state index contributed by atoms with van der Waals surface area (Å²) >= 11 is 0. The summed E-state index contributed by atoms with van der Waals surface area (Å²) in [4.78, 5) is 19.5. The van der Waals surface area contributed by atoms with Crippen LogP contribution in [0.4, 0.5) is 11.8 Å². The third kappa shape index (κ3) is 3.64. The zero-order chi connectivity index (χ0) is 18.7. The van der Waals surface area contributed by atoms with Gasteiger partial charge in [-0.05, 0) is 35.2 Å². The summed E-state index contributed by atoms with van der Waals surface area (Å²) in [5.74, 6) is -0.364. The molecule has 0 radical (unpaired) electrons. The van der Waals surface area contributed by atoms with E-state index >= 15 is 0 Å². The molecule has 1 heterocycles. The molecule has 0 aliphatic carbocycles. The van der Waals surface area contributed by atoms with Crippen LogP contribution in [0.2, 0.25) is 0 Å². The fraction of sp³-hybridized carbons (Fsp3) is 0.150. The molecule has 0 saturated carbocycles. The van der Waals surface area contributed by atoms with Gasteiger partial charge in [0.1, 0.15) is 5.82 Å². The molecular weight excluding hydrogens is 328 g/mol. The van der Waals surface area contributed by atoms with E-state index in [1.54, 1.807) is 18.2 Å². The van der Waals surface area contributed by atoms with Gasteiger partial charge in [0, 0.05) is 12.0 Å². The average molecular weight is 348 g/mol. The molecule has 0 amide bonds. The minimum Gasteiger partial charge on any atom is -0.478 e. The topological polar surface area (TPSA) is 115 Å². The van der Waals surface area contributed by atoms with Gasteiger partial charge in [-0.3, -0.25) is 0 Å². The van der Waals surface area contributed by atoms with Crippen molar-refractivity contribution in [3.05, 3.63) is 70.9 Å². The lowest BCUT2D eigenvalue weighted by Crippen LogP contribution is -2.09. The summed E-state index contributed by atoms with van der Waals surface area (Å²) < 4.78 is 0. The number of carbonyl (C=O) groups is 1. The number of benzene rings is 2. The number of carboxylic acids is 1. The van der Waals surface area contributed by atoms with E-state index in [9.17, 15) is 9.90 Å². The monoisotopic (exact) mass is 348 g/mol. The van der Waals surface area contributed by atoms with Gasteiger partial charge in [0.15, 0.2) is 0 Å². The molecule has 132 valence electrons. The highest BCUT2D eigenvalue weighted by Gasteiger charge is 2.12. The number of hydrogen-bond acceptors (Lipinski definition) is 5. The fourth-order valence-electron chi connectivity index (χ4n) is 2.95. The number of carboxylic acid groups (broad SMARTS) is 1. The third-order valence-electron chi connectivity index (χ3n) is 4.23. The zero-order valence-electron chi connectivity index (χ0n) is 14.4. The van der Waals surface area contributed by atoms with Crippen LogP contribution in [0, 0.1) is 0 Å². The SMILES string of the molecule is CCc1nc(N)nc(N)c1Cc1cccc(-c2cccc(C(=O)O)c2)c1. The average Bonchev–Trinajstić information content (AvgIpc) is 2.64. The lowest BCUT2D eigenvalue weighted by molar-refractivity contribution is 0.0697. The van der Waals surface area contributed by atoms with Gasteiger partial charge in [-0.25, -0.2) is 9.78 Å². The first-order valence-corrected chi connectivity index (χ1v) is 8.31. The van der Waals surface area contributed by atoms with Crippen molar-refractivity contribution in [3.8, 4) is 11.1 Å². The Morgan fingerprint density at radius 2 is 1.73 bits per heavy atom. The molecular formula is C20H20N4O2. The normalized spacial score (nSPS) is 10.7. The van der Waals surface area contributed by atoms with E-state index in [1.807, 2.05) is 37.3 Å². The van der Waals surface area contributed by atoms with Crippen LogP contribution in [-0.2, 0) is 12.8 Å². The summed E-state index contributed by atoms with van der Waals surface area (Å²) in [6.45, 7) is 2.00. The van der Waals surface area contributed by atoms with E-state index in [4.69, 9.17) is 11.5 Å². The molecule has 0 bridgehead atoms. The molecule has 1 aromatic heterocycles. The van der Waals surface area contributed by atoms with Crippen LogP contribution in [0.25, 0.3) is 11.1 Å². The third-order valence-corrected chi connectivity index (χ3v) is 4.23. The Hall–Kier alpha value is -3.41. The van der Waals surface area contributed by atoms with E-state index in [0.29, 0.717) is 18.7 Å². The lowest BCUT2D eigenvalue weighted by Gasteiger charge is -2.12. The molecule has 0 aliphatic rings. The summed E-state index contributed by atoms with van der Waals surface area (Å²) in [6, 6.07) is 14.8. The van der Waals surface area contributed by atoms with Gasteiger partial charge in [0.2, 0.25) is 5.95 Å². The Kier molecular flexibility index (Phi) is 4.84. The minimum atomic E-state index is -0.942. The highest BCUT2D eigenvalue weighted by Crippen LogP contribution is 2.25. The first-order valence-electron chi connectivity index (χ1n) is 8.31. The van der Waals surface area contributed by atoms with Crippen LogP contribution in [0.1, 0.15) is 34.1 Å². The van der Waals surface area contributed by atoms with Crippen molar-refractivity contribution in [1.82, 2.24) is 9.97 Å². The van der Waals surface area contributed by atoms with Gasteiger partial charge in [-0.15, -0.1) is 0 Å². The van der Waals surface area contributed by atoms with Crippen molar-refractivity contribution in [2.24, 2.45) is 0 Å². The van der Waals surface area contributed by atoms with Gasteiger partial charge in [0.05, 0.1) is 11.3 Å². The highest BCUT2D eigenvalue weighted by molar-refractivity contribution is 5.89. The van der Waals surface area contributed by atoms with E-state index in [-0.39, 0.29) is 11.5 Å². The predicted octanol–water partition coefficient (Wildman–Crippen LogP) is 3.16. The predicted molar refractivity (Wildman–Crippen MR) is 102 cm³/mol. The molecule has 6 heteroatoms. The Bertz CT molecular complexity index is 970. The number of nitrogen functional groups attached to an aromatic ring is 2. The zero-order valence-corrected chi connectivity index (χ0v) is 14.4. The molecule has 6 nitrogen and oxygen atoms in total. The van der Waals surface area contributed by atoms with E-state index in [1.165, 1.54) is 0 Å². The molecule has 0 atom stereocenters. The van der Waals surface area contributed by atoms with Gasteiger partial charge in [0.25, 0.3) is 0 Å². The van der Waals surface area contributed by atoms with E-state index in [2.05, 4.69) is 9.97 Å². The molecule has 2 aromatic carbocycles. The lowest BCUT2D eigenvalue weighted by atomic mass is 9.97. The minimum absolute atomic E-state index is 0.183. The Morgan fingerprint density at radius 3 is 2.42 bits per heavy atom. The maximum atomic E-state index is 11.2. The summed E-state index contributed by atoms with van der Waals surface area (Å²) in [6.07, 6.45) is 1.30. The molecule has 0 spiro atoms. The van der Waals surface area contributed by atoms with Crippen LogP contribution in [0.5, 0.6) is 0 Å². The van der Waals surface area contributed by atoms with Crippen LogP contribution in [0.3, 0.4) is 0 Å². The van der Waals surface area contributed by atoms with Crippen molar-refractivity contribution in [2.45, 2.75) is 19.8 Å². The van der Waals surface area contributed by atoms with E-state index in [0.717, 1.165) is 27.9 Å². The van der Waals surface area contributed by atoms with Crippen molar-refractivity contribution in [3.63, 3.8) is 0 Å². The number of rotatable bonds is 5. The summed E-state index contributed by atoms with van der Waals surface area (Å²) in [5.41, 5.74) is 16.5. The Balaban J connectivity index is 1.96. The first-order chi connectivity index (χ1) is 12.5. The first kappa shape index (κ1) is 17.4. The molecule has 0 unspecified atom stereocenters. The smallest absolute Gasteiger partial charge is 0.335 e. The van der Waals surface area contributed by atoms with Crippen LogP contribution in [-0.4, -0.2) is 21.0 Å². The number of anilines is 2. The summed E-state index contributed by atoms with van der Waals surface area (Å²) in [5, 5.41) is 9.18. The number of hydrogen-bond donors (Lipinski definition) is 3. The number of aromatic nitrogens is 2. The number of aromatic carboxylic acids is 1. The van der Waals surface area contributed by atoms with Gasteiger partial charge in [-0.2, -0.15) is 4.98 Å². The number of nitrogens with two attached hydrogens (primary N) is 2. The van der Waals surface area contributed by atoms with Crippen molar-refractivity contribution in [2.75, 3.05) is 11.5 Å². The molecule has 0 saturated heterocycles. The van der Waals surface area contributed by atoms with E-state index < -0.39 is 5.97 Å². The standard InChI is InChI=1S/C20H20N4O2/c1-2-17-16(18(21)24-20(22)23-17)10-12-5-3-6-13(9-12)14-7-4-8-15(11-14)19(25)26/h3-9,11H,2,10H2,1H3,(H,25,26)(H4,21,22,23,24). The fourth-order valence-corrected chi connectivity index (χ4v) is 2.95. The number of nitrogens with zero attached hydrogens (tertiary/aromatic N) is 2. The van der Waals surface area contributed by atoms with Crippen LogP contribution < -0.4 is 11.5 Å². The van der Waals surface area contributed by atoms with Gasteiger partial charge >= 0.3 is 5.97 Å². The van der Waals surface area contributed by atoms with Gasteiger partial charge < -0.3 is 16.6 Å². The Morgan fingerprint density at radius 1 is 1.04 bits per heavy atom. The van der Waals surface area contributed by atoms with Crippen molar-refractivity contribution >= 4 is 17.7 Å². The summed E-state index contributed by atoms with van der Waals surface area (Å²) in [7, 11) is 0. The van der Waals surface area contributed by atoms with Gasteiger partial charge in [-0.1, -0.05) is 43.3 Å². The second-order valence-corrected chi connectivity index (χ2v) is 6.01. The second-order valence-electron chi connectivity index (χ2n) is 6.01. The van der Waals surface area contributed by atoms with Crippen molar-refractivity contribution in [1.29, 1.82) is 0 Å². The Labute approximate surface area is 151 Å². The number of aryl methyl sites for hydroxylation is 1. The molecule has 3 rings (SSSR count). The molecule has 0 fully saturated rings. The second kappa shape index (κ2) is 7.23. The molecule has 26 heavy (non-hydrogen) atoms. The van der Waals surface area contributed by atoms with Crippen LogP contribution in [0.15, 0.2) is 48.5 Å². The molecule has 3 aromatic rings.